The Hall–Kier alpha value is -2.51. The number of benzene rings is 1. The Balaban J connectivity index is 1.36. The van der Waals surface area contributed by atoms with Crippen LogP contribution in [0.5, 0.6) is 5.75 Å². The van der Waals surface area contributed by atoms with Crippen molar-refractivity contribution in [2.45, 2.75) is 19.4 Å². The number of ether oxygens (including phenoxy) is 2. The zero-order valence-corrected chi connectivity index (χ0v) is 17.1. The molecule has 4 rings (SSSR count). The van der Waals surface area contributed by atoms with Crippen LogP contribution < -0.4 is 4.74 Å². The van der Waals surface area contributed by atoms with Gasteiger partial charge in [-0.25, -0.2) is 9.97 Å². The number of carbonyl (C=O) groups excluding carboxylic acids is 1. The first kappa shape index (κ1) is 19.8. The molecule has 2 aliphatic heterocycles. The first-order valence-corrected chi connectivity index (χ1v) is 10.1. The summed E-state index contributed by atoms with van der Waals surface area (Å²) >= 11 is 0. The minimum Gasteiger partial charge on any atom is -0.497 e. The van der Waals surface area contributed by atoms with Gasteiger partial charge >= 0.3 is 0 Å². The van der Waals surface area contributed by atoms with Crippen LogP contribution in [0.15, 0.2) is 36.7 Å². The summed E-state index contributed by atoms with van der Waals surface area (Å²) in [6, 6.07) is 7.73. The molecule has 2 saturated heterocycles. The number of likely N-dealkylation sites (tertiary alicyclic amines) is 2. The van der Waals surface area contributed by atoms with E-state index < -0.39 is 0 Å². The van der Waals surface area contributed by atoms with E-state index in [9.17, 15) is 4.79 Å². The van der Waals surface area contributed by atoms with E-state index in [4.69, 9.17) is 9.47 Å². The summed E-state index contributed by atoms with van der Waals surface area (Å²) in [6.07, 6.45) is 5.65. The summed E-state index contributed by atoms with van der Waals surface area (Å²) in [5, 5.41) is 0. The molecule has 0 aliphatic carbocycles. The molecule has 0 N–H and O–H groups in total. The van der Waals surface area contributed by atoms with Gasteiger partial charge in [-0.15, -0.1) is 0 Å². The van der Waals surface area contributed by atoms with Crippen molar-refractivity contribution in [1.82, 2.24) is 19.8 Å². The Kier molecular flexibility index (Phi) is 5.78. The van der Waals surface area contributed by atoms with Crippen molar-refractivity contribution in [2.75, 3.05) is 47.0 Å². The van der Waals surface area contributed by atoms with Crippen molar-refractivity contribution in [3.8, 4) is 17.1 Å². The van der Waals surface area contributed by atoms with Gasteiger partial charge in [0, 0.05) is 56.8 Å². The summed E-state index contributed by atoms with van der Waals surface area (Å²) in [6.45, 7) is 4.66. The van der Waals surface area contributed by atoms with E-state index in [1.165, 1.54) is 0 Å². The zero-order valence-electron chi connectivity index (χ0n) is 17.1. The van der Waals surface area contributed by atoms with Crippen molar-refractivity contribution in [3.05, 3.63) is 42.2 Å². The first-order valence-electron chi connectivity index (χ1n) is 10.1. The molecule has 1 aromatic heterocycles. The highest BCUT2D eigenvalue weighted by molar-refractivity contribution is 5.85. The number of methoxy groups -OCH3 is 2. The van der Waals surface area contributed by atoms with E-state index in [1.807, 2.05) is 41.6 Å². The van der Waals surface area contributed by atoms with Crippen molar-refractivity contribution in [3.63, 3.8) is 0 Å². The maximum atomic E-state index is 12.9. The molecule has 2 aliphatic rings. The fourth-order valence-electron chi connectivity index (χ4n) is 4.36. The van der Waals surface area contributed by atoms with Gasteiger partial charge in [-0.05, 0) is 43.7 Å². The van der Waals surface area contributed by atoms with Gasteiger partial charge in [-0.3, -0.25) is 9.69 Å². The van der Waals surface area contributed by atoms with E-state index in [2.05, 4.69) is 14.9 Å². The number of nitrogens with zero attached hydrogens (tertiary/aromatic N) is 4. The Labute approximate surface area is 171 Å². The molecule has 2 aromatic rings. The van der Waals surface area contributed by atoms with Gasteiger partial charge in [-0.1, -0.05) is 0 Å². The highest BCUT2D eigenvalue weighted by Crippen LogP contribution is 2.41. The van der Waals surface area contributed by atoms with Gasteiger partial charge in [0.15, 0.2) is 5.82 Å². The van der Waals surface area contributed by atoms with Crippen LogP contribution in [0.3, 0.4) is 0 Å². The second-order valence-corrected chi connectivity index (χ2v) is 7.92. The van der Waals surface area contributed by atoms with Gasteiger partial charge in [0.05, 0.1) is 19.1 Å². The van der Waals surface area contributed by atoms with E-state index >= 15 is 0 Å². The zero-order chi connectivity index (χ0) is 20.3. The quantitative estimate of drug-likeness (QED) is 0.715. The molecule has 2 fully saturated rings. The van der Waals surface area contributed by atoms with Gasteiger partial charge in [0.1, 0.15) is 5.75 Å². The summed E-state index contributed by atoms with van der Waals surface area (Å²) in [5.74, 6) is 1.81. The SMILES string of the molecule is COCCN1CCC2(CCN(Cc3cnc(-c4ccc(OC)cc4)nc3)C2)C1=O. The smallest absolute Gasteiger partial charge is 0.230 e. The van der Waals surface area contributed by atoms with Crippen LogP contribution >= 0.6 is 0 Å². The van der Waals surface area contributed by atoms with E-state index in [-0.39, 0.29) is 5.41 Å². The third kappa shape index (κ3) is 4.11. The van der Waals surface area contributed by atoms with Gasteiger partial charge in [0.25, 0.3) is 0 Å². The van der Waals surface area contributed by atoms with Crippen LogP contribution in [0.25, 0.3) is 11.4 Å². The number of hydrogen-bond donors (Lipinski definition) is 0. The van der Waals surface area contributed by atoms with Crippen molar-refractivity contribution >= 4 is 5.91 Å². The fraction of sp³-hybridized carbons (Fsp3) is 0.500. The minimum absolute atomic E-state index is 0.211. The number of rotatable bonds is 7. The van der Waals surface area contributed by atoms with Crippen LogP contribution in [0.4, 0.5) is 0 Å². The third-order valence-corrected chi connectivity index (χ3v) is 6.06. The second kappa shape index (κ2) is 8.47. The average molecular weight is 396 g/mol. The Morgan fingerprint density at radius 1 is 1.07 bits per heavy atom. The fourth-order valence-corrected chi connectivity index (χ4v) is 4.36. The average Bonchev–Trinajstić information content (AvgIpc) is 3.31. The summed E-state index contributed by atoms with van der Waals surface area (Å²) in [5.41, 5.74) is 1.82. The molecular weight excluding hydrogens is 368 g/mol. The van der Waals surface area contributed by atoms with Gasteiger partial charge in [0.2, 0.25) is 5.91 Å². The maximum absolute atomic E-state index is 12.9. The van der Waals surface area contributed by atoms with Crippen LogP contribution in [0, 0.1) is 5.41 Å². The largest absolute Gasteiger partial charge is 0.497 e. The summed E-state index contributed by atoms with van der Waals surface area (Å²) in [4.78, 5) is 26.3. The summed E-state index contributed by atoms with van der Waals surface area (Å²) < 4.78 is 10.3. The first-order chi connectivity index (χ1) is 14.1. The molecule has 1 amide bonds. The maximum Gasteiger partial charge on any atom is 0.230 e. The molecule has 7 heteroatoms. The number of hydrogen-bond acceptors (Lipinski definition) is 6. The van der Waals surface area contributed by atoms with Crippen LogP contribution in [-0.4, -0.2) is 72.7 Å². The number of amides is 1. The van der Waals surface area contributed by atoms with Crippen molar-refractivity contribution < 1.29 is 14.3 Å². The molecule has 1 aromatic carbocycles. The number of carbonyl (C=O) groups is 1. The molecule has 0 bridgehead atoms. The molecular formula is C22H28N4O3. The van der Waals surface area contributed by atoms with Crippen LogP contribution in [0.2, 0.25) is 0 Å². The number of aromatic nitrogens is 2. The standard InChI is InChI=1S/C22H28N4O3/c1-28-12-11-26-10-8-22(21(26)27)7-9-25(16-22)15-17-13-23-20(24-14-17)18-3-5-19(29-2)6-4-18/h3-6,13-14H,7-12,15-16H2,1-2H3. The second-order valence-electron chi connectivity index (χ2n) is 7.92. The Bertz CT molecular complexity index is 840. The molecule has 1 atom stereocenters. The molecule has 29 heavy (non-hydrogen) atoms. The van der Waals surface area contributed by atoms with Crippen molar-refractivity contribution in [2.24, 2.45) is 5.41 Å². The Morgan fingerprint density at radius 3 is 2.48 bits per heavy atom. The van der Waals surface area contributed by atoms with E-state index in [0.29, 0.717) is 24.9 Å². The normalized spacial score (nSPS) is 22.0. The van der Waals surface area contributed by atoms with Gasteiger partial charge in [-0.2, -0.15) is 0 Å². The highest BCUT2D eigenvalue weighted by Gasteiger charge is 2.50. The monoisotopic (exact) mass is 396 g/mol. The third-order valence-electron chi connectivity index (χ3n) is 6.06. The molecule has 1 unspecified atom stereocenters. The topological polar surface area (TPSA) is 67.8 Å². The lowest BCUT2D eigenvalue weighted by molar-refractivity contribution is -0.136. The minimum atomic E-state index is -0.211. The lowest BCUT2D eigenvalue weighted by Gasteiger charge is -2.23. The van der Waals surface area contributed by atoms with Crippen LogP contribution in [0.1, 0.15) is 18.4 Å². The van der Waals surface area contributed by atoms with E-state index in [0.717, 1.165) is 55.9 Å². The lowest BCUT2D eigenvalue weighted by Crippen LogP contribution is -2.38. The predicted octanol–water partition coefficient (Wildman–Crippen LogP) is 2.22. The van der Waals surface area contributed by atoms with Crippen molar-refractivity contribution in [1.29, 1.82) is 0 Å². The lowest BCUT2D eigenvalue weighted by atomic mass is 9.85. The van der Waals surface area contributed by atoms with Crippen LogP contribution in [-0.2, 0) is 16.1 Å². The molecule has 154 valence electrons. The molecule has 0 saturated carbocycles. The molecule has 7 nitrogen and oxygen atoms in total. The predicted molar refractivity (Wildman–Crippen MR) is 109 cm³/mol. The molecule has 0 radical (unpaired) electrons. The van der Waals surface area contributed by atoms with E-state index in [1.54, 1.807) is 14.2 Å². The van der Waals surface area contributed by atoms with Gasteiger partial charge < -0.3 is 14.4 Å². The molecule has 1 spiro atoms. The highest BCUT2D eigenvalue weighted by atomic mass is 16.5. The summed E-state index contributed by atoms with van der Waals surface area (Å²) in [7, 11) is 3.33. The Morgan fingerprint density at radius 2 is 1.79 bits per heavy atom. The molecule has 3 heterocycles.